The van der Waals surface area contributed by atoms with Gasteiger partial charge in [0.15, 0.2) is 11.3 Å². The van der Waals surface area contributed by atoms with Crippen molar-refractivity contribution in [2.45, 2.75) is 0 Å². The Hall–Kier alpha value is -2.15. The molecule has 0 amide bonds. The van der Waals surface area contributed by atoms with Crippen LogP contribution in [0.1, 0.15) is 0 Å². The SMILES string of the molecule is O=c1ccc2cc(OS(=O)(=O)O)c(O)c(OS(=O)O)c2o1. The first kappa shape index (κ1) is 15.2. The maximum atomic E-state index is 11.1. The Morgan fingerprint density at radius 2 is 1.95 bits per heavy atom. The van der Waals surface area contributed by atoms with Crippen LogP contribution >= 0.6 is 0 Å². The van der Waals surface area contributed by atoms with Crippen LogP contribution in [0, 0.1) is 0 Å². The molecule has 0 bridgehead atoms. The van der Waals surface area contributed by atoms with Gasteiger partial charge in [-0.2, -0.15) is 12.6 Å². The van der Waals surface area contributed by atoms with Crippen LogP contribution in [0.4, 0.5) is 0 Å². The zero-order valence-electron chi connectivity index (χ0n) is 9.75. The molecule has 3 N–H and O–H groups in total. The molecule has 0 radical (unpaired) electrons. The summed E-state index contributed by atoms with van der Waals surface area (Å²) in [6.07, 6.45) is 0. The van der Waals surface area contributed by atoms with Crippen LogP contribution in [0.25, 0.3) is 11.0 Å². The molecular weight excluding hydrogens is 332 g/mol. The molecule has 0 aliphatic heterocycles. The number of fused-ring (bicyclic) bond motifs is 1. The smallest absolute Gasteiger partial charge is 0.446 e. The summed E-state index contributed by atoms with van der Waals surface area (Å²) in [4.78, 5) is 11.1. The average Bonchev–Trinajstić information content (AvgIpc) is 2.33. The van der Waals surface area contributed by atoms with Crippen molar-refractivity contribution in [3.8, 4) is 17.2 Å². The van der Waals surface area contributed by atoms with E-state index in [0.29, 0.717) is 0 Å². The minimum absolute atomic E-state index is 0.00602. The van der Waals surface area contributed by atoms with E-state index in [2.05, 4.69) is 8.37 Å². The quantitative estimate of drug-likeness (QED) is 0.399. The fraction of sp³-hybridized carbons (Fsp3) is 0. The maximum Gasteiger partial charge on any atom is 0.446 e. The Morgan fingerprint density at radius 3 is 2.52 bits per heavy atom. The third kappa shape index (κ3) is 3.49. The first-order valence-electron chi connectivity index (χ1n) is 4.93. The topological polar surface area (TPSA) is 161 Å². The van der Waals surface area contributed by atoms with Crippen LogP contribution in [-0.4, -0.2) is 26.8 Å². The number of hydrogen-bond acceptors (Lipinski definition) is 8. The standard InChI is InChI=1S/C9H6O10S2/c10-6-2-1-4-3-5(19-21(14,15)16)7(11)9(8(4)17-6)18-20(12)13/h1-3,11H,(H,12,13)(H,14,15,16). The summed E-state index contributed by atoms with van der Waals surface area (Å²) < 4.78 is 62.5. The lowest BCUT2D eigenvalue weighted by molar-refractivity contribution is 0.363. The third-order valence-corrected chi connectivity index (χ3v) is 2.85. The van der Waals surface area contributed by atoms with Crippen LogP contribution < -0.4 is 14.0 Å². The largest absolute Gasteiger partial charge is 0.502 e. The Labute approximate surface area is 119 Å². The number of phenolic OH excluding ortho intramolecular Hbond substituents is 1. The van der Waals surface area contributed by atoms with E-state index in [1.165, 1.54) is 0 Å². The van der Waals surface area contributed by atoms with E-state index in [9.17, 15) is 22.5 Å². The molecule has 114 valence electrons. The lowest BCUT2D eigenvalue weighted by atomic mass is 10.2. The molecule has 0 aliphatic rings. The summed E-state index contributed by atoms with van der Waals surface area (Å²) in [6, 6.07) is 3.04. The van der Waals surface area contributed by atoms with E-state index in [1.807, 2.05) is 0 Å². The lowest BCUT2D eigenvalue weighted by Crippen LogP contribution is -2.08. The molecule has 0 spiro atoms. The van der Waals surface area contributed by atoms with Crippen molar-refractivity contribution < 1.29 is 39.6 Å². The first-order valence-corrected chi connectivity index (χ1v) is 7.33. The van der Waals surface area contributed by atoms with Crippen LogP contribution in [0.15, 0.2) is 27.4 Å². The minimum Gasteiger partial charge on any atom is -0.502 e. The van der Waals surface area contributed by atoms with Crippen molar-refractivity contribution in [2.75, 3.05) is 0 Å². The summed E-state index contributed by atoms with van der Waals surface area (Å²) >= 11 is -2.91. The molecule has 12 heteroatoms. The monoisotopic (exact) mass is 338 g/mol. The number of aromatic hydroxyl groups is 1. The van der Waals surface area contributed by atoms with Crippen LogP contribution in [0.2, 0.25) is 0 Å². The van der Waals surface area contributed by atoms with Gasteiger partial charge in [-0.05, 0) is 12.1 Å². The second-order valence-corrected chi connectivity index (χ2v) is 5.16. The van der Waals surface area contributed by atoms with E-state index in [0.717, 1.165) is 18.2 Å². The van der Waals surface area contributed by atoms with Gasteiger partial charge < -0.3 is 17.9 Å². The fourth-order valence-electron chi connectivity index (χ4n) is 1.47. The van der Waals surface area contributed by atoms with Crippen LogP contribution in [0.5, 0.6) is 17.2 Å². The molecule has 0 saturated heterocycles. The molecule has 2 aromatic rings. The third-order valence-electron chi connectivity index (χ3n) is 2.15. The van der Waals surface area contributed by atoms with Crippen molar-refractivity contribution in [1.29, 1.82) is 0 Å². The van der Waals surface area contributed by atoms with Gasteiger partial charge in [-0.15, -0.1) is 0 Å². The zero-order valence-corrected chi connectivity index (χ0v) is 11.4. The van der Waals surface area contributed by atoms with Gasteiger partial charge in [0.1, 0.15) is 0 Å². The highest BCUT2D eigenvalue weighted by Gasteiger charge is 2.22. The van der Waals surface area contributed by atoms with E-state index < -0.39 is 50.2 Å². The number of benzene rings is 1. The second-order valence-electron chi connectivity index (χ2n) is 3.54. The predicted octanol–water partition coefficient (Wildman–Crippen LogP) is 0.196. The number of phenols is 1. The molecule has 1 aromatic heterocycles. The van der Waals surface area contributed by atoms with Crippen molar-refractivity contribution >= 4 is 32.7 Å². The number of hydrogen-bond donors (Lipinski definition) is 3. The van der Waals surface area contributed by atoms with Crippen molar-refractivity contribution in [1.82, 2.24) is 0 Å². The summed E-state index contributed by atoms with van der Waals surface area (Å²) in [6.45, 7) is 0. The molecule has 0 saturated carbocycles. The summed E-state index contributed by atoms with van der Waals surface area (Å²) in [5, 5.41) is 9.76. The van der Waals surface area contributed by atoms with Gasteiger partial charge in [0.25, 0.3) is 0 Å². The summed E-state index contributed by atoms with van der Waals surface area (Å²) in [7, 11) is -4.97. The van der Waals surface area contributed by atoms with Crippen molar-refractivity contribution in [3.05, 3.63) is 28.6 Å². The van der Waals surface area contributed by atoms with Gasteiger partial charge >= 0.3 is 27.4 Å². The molecule has 1 unspecified atom stereocenters. The van der Waals surface area contributed by atoms with Crippen LogP contribution in [0.3, 0.4) is 0 Å². The molecule has 10 nitrogen and oxygen atoms in total. The van der Waals surface area contributed by atoms with E-state index in [1.54, 1.807) is 0 Å². The highest BCUT2D eigenvalue weighted by atomic mass is 32.3. The fourth-order valence-corrected chi connectivity index (χ4v) is 2.12. The molecule has 21 heavy (non-hydrogen) atoms. The van der Waals surface area contributed by atoms with Crippen molar-refractivity contribution in [2.24, 2.45) is 0 Å². The molecule has 0 aliphatic carbocycles. The number of rotatable bonds is 4. The summed E-state index contributed by atoms with van der Waals surface area (Å²) in [5.74, 6) is -2.65. The van der Waals surface area contributed by atoms with Gasteiger partial charge in [-0.3, -0.25) is 9.11 Å². The van der Waals surface area contributed by atoms with E-state index >= 15 is 0 Å². The van der Waals surface area contributed by atoms with E-state index in [-0.39, 0.29) is 5.39 Å². The summed E-state index contributed by atoms with van der Waals surface area (Å²) in [5.41, 5.74) is -1.26. The normalized spacial score (nSPS) is 13.0. The highest BCUT2D eigenvalue weighted by Crippen LogP contribution is 2.43. The Kier molecular flexibility index (Phi) is 3.87. The van der Waals surface area contributed by atoms with Crippen molar-refractivity contribution in [3.63, 3.8) is 0 Å². The molecule has 1 aromatic carbocycles. The van der Waals surface area contributed by atoms with Gasteiger partial charge in [0.2, 0.25) is 11.5 Å². The first-order chi connectivity index (χ1) is 9.67. The van der Waals surface area contributed by atoms with Gasteiger partial charge in [0.05, 0.1) is 0 Å². The molecular formula is C9H6O10S2. The maximum absolute atomic E-state index is 11.1. The lowest BCUT2D eigenvalue weighted by Gasteiger charge is -2.10. The molecule has 2 rings (SSSR count). The van der Waals surface area contributed by atoms with E-state index in [4.69, 9.17) is 13.5 Å². The van der Waals surface area contributed by atoms with Gasteiger partial charge in [-0.25, -0.2) is 4.79 Å². The zero-order chi connectivity index (χ0) is 15.8. The minimum atomic E-state index is -4.97. The van der Waals surface area contributed by atoms with Gasteiger partial charge in [-0.1, -0.05) is 0 Å². The van der Waals surface area contributed by atoms with Crippen LogP contribution in [-0.2, 0) is 21.8 Å². The van der Waals surface area contributed by atoms with Gasteiger partial charge in [0, 0.05) is 11.5 Å². The Bertz CT molecular complexity index is 881. The average molecular weight is 338 g/mol. The molecule has 1 atom stereocenters. The second kappa shape index (κ2) is 5.33. The highest BCUT2D eigenvalue weighted by molar-refractivity contribution is 7.81. The molecule has 1 heterocycles. The Morgan fingerprint density at radius 1 is 1.29 bits per heavy atom. The predicted molar refractivity (Wildman–Crippen MR) is 67.7 cm³/mol. The molecule has 0 fully saturated rings. The Balaban J connectivity index is 2.79.